The van der Waals surface area contributed by atoms with Crippen LogP contribution in [0.4, 0.5) is 10.1 Å². The topological polar surface area (TPSA) is 46.2 Å². The van der Waals surface area contributed by atoms with Crippen LogP contribution in [0.3, 0.4) is 0 Å². The summed E-state index contributed by atoms with van der Waals surface area (Å²) < 4.78 is 13.1. The lowest BCUT2D eigenvalue weighted by Gasteiger charge is -2.12. The minimum Gasteiger partial charge on any atom is -0.325 e. The molecule has 1 amide bonds. The van der Waals surface area contributed by atoms with E-state index >= 15 is 0 Å². The number of halogens is 2. The van der Waals surface area contributed by atoms with Crippen molar-refractivity contribution in [2.24, 2.45) is 0 Å². The van der Waals surface area contributed by atoms with E-state index in [1.165, 1.54) is 30.8 Å². The fraction of sp³-hybridized carbons (Fsp3) is 0.176. The molecule has 2 rings (SSSR count). The maximum atomic E-state index is 13.1. The van der Waals surface area contributed by atoms with Gasteiger partial charge in [0, 0.05) is 16.1 Å². The number of benzene rings is 2. The standard InChI is InChI=1S/C17H15ClFNO2S/c1-10(21)12-3-5-13(6-4-12)20-17(22)11(2)23-14-7-8-16(19)15(18)9-14/h3-9,11H,1-2H3,(H,20,22)/t11-/m0/s1. The smallest absolute Gasteiger partial charge is 0.237 e. The summed E-state index contributed by atoms with van der Waals surface area (Å²) in [6, 6.07) is 11.0. The second-order valence-electron chi connectivity index (χ2n) is 4.96. The van der Waals surface area contributed by atoms with Crippen molar-refractivity contribution in [1.82, 2.24) is 0 Å². The molecule has 0 bridgehead atoms. The molecule has 6 heteroatoms. The summed E-state index contributed by atoms with van der Waals surface area (Å²) in [7, 11) is 0. The third kappa shape index (κ3) is 4.81. The van der Waals surface area contributed by atoms with Crippen molar-refractivity contribution in [3.8, 4) is 0 Å². The molecule has 0 aliphatic rings. The first kappa shape index (κ1) is 17.5. The van der Waals surface area contributed by atoms with Gasteiger partial charge in [0.25, 0.3) is 0 Å². The average Bonchev–Trinajstić information content (AvgIpc) is 2.51. The predicted octanol–water partition coefficient (Wildman–Crippen LogP) is 4.80. The molecular formula is C17H15ClFNO2S. The highest BCUT2D eigenvalue weighted by Gasteiger charge is 2.15. The van der Waals surface area contributed by atoms with Gasteiger partial charge in [-0.3, -0.25) is 9.59 Å². The van der Waals surface area contributed by atoms with E-state index in [0.717, 1.165) is 0 Å². The van der Waals surface area contributed by atoms with Gasteiger partial charge in [-0.05, 0) is 56.3 Å². The van der Waals surface area contributed by atoms with E-state index in [4.69, 9.17) is 11.6 Å². The molecule has 2 aromatic carbocycles. The maximum absolute atomic E-state index is 13.1. The fourth-order valence-electron chi connectivity index (χ4n) is 1.84. The Morgan fingerprint density at radius 3 is 2.39 bits per heavy atom. The Kier molecular flexibility index (Phi) is 5.80. The van der Waals surface area contributed by atoms with E-state index in [9.17, 15) is 14.0 Å². The number of carbonyl (C=O) groups is 2. The number of hydrogen-bond acceptors (Lipinski definition) is 3. The van der Waals surface area contributed by atoms with Gasteiger partial charge < -0.3 is 5.32 Å². The molecule has 0 heterocycles. The maximum Gasteiger partial charge on any atom is 0.237 e. The summed E-state index contributed by atoms with van der Waals surface area (Å²) in [4.78, 5) is 24.1. The van der Waals surface area contributed by atoms with Crippen LogP contribution in [-0.2, 0) is 4.79 Å². The van der Waals surface area contributed by atoms with Gasteiger partial charge in [0.15, 0.2) is 5.78 Å². The number of carbonyl (C=O) groups excluding carboxylic acids is 2. The van der Waals surface area contributed by atoms with E-state index in [1.807, 2.05) is 0 Å². The Morgan fingerprint density at radius 2 is 1.83 bits per heavy atom. The molecule has 0 aliphatic heterocycles. The third-order valence-electron chi connectivity index (χ3n) is 3.13. The minimum absolute atomic E-state index is 0.0278. The number of hydrogen-bond donors (Lipinski definition) is 1. The zero-order valence-corrected chi connectivity index (χ0v) is 14.2. The van der Waals surface area contributed by atoms with Crippen molar-refractivity contribution in [2.45, 2.75) is 24.0 Å². The Bertz CT molecular complexity index is 734. The Hall–Kier alpha value is -1.85. The van der Waals surface area contributed by atoms with Gasteiger partial charge in [-0.15, -0.1) is 11.8 Å². The van der Waals surface area contributed by atoms with Crippen LogP contribution in [0.2, 0.25) is 5.02 Å². The van der Waals surface area contributed by atoms with Crippen LogP contribution in [0, 0.1) is 5.82 Å². The molecule has 0 radical (unpaired) electrons. The Morgan fingerprint density at radius 1 is 1.17 bits per heavy atom. The largest absolute Gasteiger partial charge is 0.325 e. The number of rotatable bonds is 5. The lowest BCUT2D eigenvalue weighted by molar-refractivity contribution is -0.115. The van der Waals surface area contributed by atoms with E-state index in [2.05, 4.69) is 5.32 Å². The lowest BCUT2D eigenvalue weighted by Crippen LogP contribution is -2.22. The zero-order chi connectivity index (χ0) is 17.0. The van der Waals surface area contributed by atoms with Crippen molar-refractivity contribution in [3.63, 3.8) is 0 Å². The Balaban J connectivity index is 1.99. The van der Waals surface area contributed by atoms with Crippen molar-refractivity contribution in [3.05, 3.63) is 58.9 Å². The molecule has 0 fully saturated rings. The first-order valence-electron chi connectivity index (χ1n) is 6.90. The molecule has 1 N–H and O–H groups in total. The van der Waals surface area contributed by atoms with Crippen LogP contribution >= 0.6 is 23.4 Å². The van der Waals surface area contributed by atoms with Gasteiger partial charge in [0.05, 0.1) is 10.3 Å². The van der Waals surface area contributed by atoms with Crippen molar-refractivity contribution in [2.75, 3.05) is 5.32 Å². The number of ketones is 1. The second kappa shape index (κ2) is 7.62. The van der Waals surface area contributed by atoms with Crippen LogP contribution in [0.5, 0.6) is 0 Å². The van der Waals surface area contributed by atoms with Crippen molar-refractivity contribution >= 4 is 40.7 Å². The number of thioether (sulfide) groups is 1. The number of Topliss-reactive ketones (excluding diaryl/α,β-unsaturated/α-hetero) is 1. The van der Waals surface area contributed by atoms with Crippen LogP contribution in [0.1, 0.15) is 24.2 Å². The third-order valence-corrected chi connectivity index (χ3v) is 4.52. The minimum atomic E-state index is -0.487. The molecule has 23 heavy (non-hydrogen) atoms. The lowest BCUT2D eigenvalue weighted by atomic mass is 10.1. The van der Waals surface area contributed by atoms with Gasteiger partial charge in [-0.1, -0.05) is 11.6 Å². The molecule has 2 aromatic rings. The normalized spacial score (nSPS) is 11.8. The van der Waals surface area contributed by atoms with Gasteiger partial charge in [0.2, 0.25) is 5.91 Å². The van der Waals surface area contributed by atoms with Crippen molar-refractivity contribution < 1.29 is 14.0 Å². The van der Waals surface area contributed by atoms with Gasteiger partial charge in [-0.25, -0.2) is 4.39 Å². The number of anilines is 1. The predicted molar refractivity (Wildman–Crippen MR) is 91.8 cm³/mol. The second-order valence-corrected chi connectivity index (χ2v) is 6.78. The summed E-state index contributed by atoms with van der Waals surface area (Å²) in [5.74, 6) is -0.704. The monoisotopic (exact) mass is 351 g/mol. The molecule has 0 aromatic heterocycles. The highest BCUT2D eigenvalue weighted by atomic mass is 35.5. The summed E-state index contributed by atoms with van der Waals surface area (Å²) in [6.07, 6.45) is 0. The molecule has 0 saturated carbocycles. The van der Waals surface area contributed by atoms with E-state index in [1.54, 1.807) is 37.3 Å². The van der Waals surface area contributed by atoms with Crippen LogP contribution in [0.25, 0.3) is 0 Å². The zero-order valence-electron chi connectivity index (χ0n) is 12.6. The molecule has 120 valence electrons. The van der Waals surface area contributed by atoms with E-state index < -0.39 is 5.82 Å². The van der Waals surface area contributed by atoms with Crippen molar-refractivity contribution in [1.29, 1.82) is 0 Å². The van der Waals surface area contributed by atoms with Crippen LogP contribution in [0.15, 0.2) is 47.4 Å². The number of nitrogens with one attached hydrogen (secondary N) is 1. The summed E-state index contributed by atoms with van der Waals surface area (Å²) in [6.45, 7) is 3.24. The highest BCUT2D eigenvalue weighted by Crippen LogP contribution is 2.28. The molecule has 1 atom stereocenters. The molecule has 3 nitrogen and oxygen atoms in total. The van der Waals surface area contributed by atoms with Gasteiger partial charge in [0.1, 0.15) is 5.82 Å². The SMILES string of the molecule is CC(=O)c1ccc(NC(=O)[C@H](C)Sc2ccc(F)c(Cl)c2)cc1. The molecule has 0 unspecified atom stereocenters. The summed E-state index contributed by atoms with van der Waals surface area (Å²) in [5.41, 5.74) is 1.20. The van der Waals surface area contributed by atoms with Gasteiger partial charge in [-0.2, -0.15) is 0 Å². The molecular weight excluding hydrogens is 337 g/mol. The summed E-state index contributed by atoms with van der Waals surface area (Å²) >= 11 is 7.02. The molecule has 0 spiro atoms. The Labute approximate surface area is 143 Å². The van der Waals surface area contributed by atoms with Crippen LogP contribution < -0.4 is 5.32 Å². The highest BCUT2D eigenvalue weighted by molar-refractivity contribution is 8.00. The van der Waals surface area contributed by atoms with E-state index in [0.29, 0.717) is 16.1 Å². The molecule has 0 aliphatic carbocycles. The summed E-state index contributed by atoms with van der Waals surface area (Å²) in [5, 5.41) is 2.42. The average molecular weight is 352 g/mol. The molecule has 0 saturated heterocycles. The first-order chi connectivity index (χ1) is 10.9. The first-order valence-corrected chi connectivity index (χ1v) is 8.16. The van der Waals surface area contributed by atoms with Crippen LogP contribution in [-0.4, -0.2) is 16.9 Å². The van der Waals surface area contributed by atoms with E-state index in [-0.39, 0.29) is 22.0 Å². The number of amides is 1. The van der Waals surface area contributed by atoms with Gasteiger partial charge >= 0.3 is 0 Å². The quantitative estimate of drug-likeness (QED) is 0.621. The fourth-order valence-corrected chi connectivity index (χ4v) is 2.99.